The Kier molecular flexibility index (Phi) is 5.22. The van der Waals surface area contributed by atoms with Crippen LogP contribution in [0.15, 0.2) is 46.2 Å². The lowest BCUT2D eigenvalue weighted by atomic mass is 10.3. The summed E-state index contributed by atoms with van der Waals surface area (Å²) in [7, 11) is 6.51. The number of methoxy groups -OCH3 is 4. The van der Waals surface area contributed by atoms with Gasteiger partial charge in [-0.1, -0.05) is 23.9 Å². The summed E-state index contributed by atoms with van der Waals surface area (Å²) in [4.78, 5) is 1.90. The van der Waals surface area contributed by atoms with Gasteiger partial charge in [-0.3, -0.25) is 0 Å². The van der Waals surface area contributed by atoms with E-state index >= 15 is 0 Å². The van der Waals surface area contributed by atoms with E-state index in [0.29, 0.717) is 23.0 Å². The molecule has 0 aromatic heterocycles. The van der Waals surface area contributed by atoms with Crippen molar-refractivity contribution >= 4 is 11.8 Å². The van der Waals surface area contributed by atoms with E-state index in [1.807, 2.05) is 36.4 Å². The summed E-state index contributed by atoms with van der Waals surface area (Å²) in [5, 5.41) is 0. The van der Waals surface area contributed by atoms with Crippen LogP contribution >= 0.6 is 11.8 Å². The zero-order valence-electron chi connectivity index (χ0n) is 12.5. The Balaban J connectivity index is 2.43. The van der Waals surface area contributed by atoms with Crippen molar-refractivity contribution in [3.63, 3.8) is 0 Å². The summed E-state index contributed by atoms with van der Waals surface area (Å²) in [6.45, 7) is 0. The first-order chi connectivity index (χ1) is 10.2. The van der Waals surface area contributed by atoms with Crippen LogP contribution in [0.5, 0.6) is 23.0 Å². The number of hydrogen-bond acceptors (Lipinski definition) is 5. The van der Waals surface area contributed by atoms with Crippen LogP contribution in [0.3, 0.4) is 0 Å². The summed E-state index contributed by atoms with van der Waals surface area (Å²) >= 11 is 1.54. The van der Waals surface area contributed by atoms with E-state index in [4.69, 9.17) is 18.9 Å². The molecule has 0 bridgehead atoms. The zero-order valence-corrected chi connectivity index (χ0v) is 13.3. The molecule has 0 N–H and O–H groups in total. The van der Waals surface area contributed by atoms with Gasteiger partial charge in [0.15, 0.2) is 23.0 Å². The molecule has 2 aromatic carbocycles. The second-order valence-corrected chi connectivity index (χ2v) is 5.17. The van der Waals surface area contributed by atoms with Crippen molar-refractivity contribution < 1.29 is 18.9 Å². The molecule has 0 aliphatic carbocycles. The summed E-state index contributed by atoms with van der Waals surface area (Å²) in [5.41, 5.74) is 0. The molecule has 0 radical (unpaired) electrons. The monoisotopic (exact) mass is 306 g/mol. The van der Waals surface area contributed by atoms with Gasteiger partial charge < -0.3 is 18.9 Å². The normalized spacial score (nSPS) is 10.1. The van der Waals surface area contributed by atoms with E-state index in [1.54, 1.807) is 28.4 Å². The molecule has 0 saturated carbocycles. The molecule has 0 fully saturated rings. The van der Waals surface area contributed by atoms with Gasteiger partial charge in [-0.05, 0) is 24.3 Å². The summed E-state index contributed by atoms with van der Waals surface area (Å²) in [5.74, 6) is 2.80. The average molecular weight is 306 g/mol. The lowest BCUT2D eigenvalue weighted by Crippen LogP contribution is -1.94. The van der Waals surface area contributed by atoms with Gasteiger partial charge in [0.25, 0.3) is 0 Å². The van der Waals surface area contributed by atoms with Crippen molar-refractivity contribution in [2.75, 3.05) is 28.4 Å². The quantitative estimate of drug-likeness (QED) is 0.809. The van der Waals surface area contributed by atoms with Crippen molar-refractivity contribution in [2.24, 2.45) is 0 Å². The van der Waals surface area contributed by atoms with Gasteiger partial charge in [0.05, 0.1) is 38.2 Å². The molecule has 0 aliphatic heterocycles. The number of ether oxygens (including phenoxy) is 4. The summed E-state index contributed by atoms with van der Waals surface area (Å²) in [6, 6.07) is 11.5. The van der Waals surface area contributed by atoms with Crippen molar-refractivity contribution in [1.29, 1.82) is 0 Å². The molecule has 5 heteroatoms. The maximum atomic E-state index is 5.45. The van der Waals surface area contributed by atoms with Gasteiger partial charge in [-0.2, -0.15) is 0 Å². The number of rotatable bonds is 6. The fourth-order valence-electron chi connectivity index (χ4n) is 1.99. The molecular formula is C16H18O4S. The van der Waals surface area contributed by atoms with Gasteiger partial charge in [0.1, 0.15) is 0 Å². The Morgan fingerprint density at radius 1 is 0.619 bits per heavy atom. The molecule has 0 spiro atoms. The van der Waals surface area contributed by atoms with Gasteiger partial charge in [-0.25, -0.2) is 0 Å². The fourth-order valence-corrected chi connectivity index (χ4v) is 3.08. The molecule has 0 unspecified atom stereocenters. The maximum Gasteiger partial charge on any atom is 0.174 e. The van der Waals surface area contributed by atoms with Crippen LogP contribution in [-0.2, 0) is 0 Å². The minimum atomic E-state index is 0.698. The minimum absolute atomic E-state index is 0.698. The minimum Gasteiger partial charge on any atom is -0.493 e. The van der Waals surface area contributed by atoms with Crippen LogP contribution in [-0.4, -0.2) is 28.4 Å². The predicted octanol–water partition coefficient (Wildman–Crippen LogP) is 3.87. The maximum absolute atomic E-state index is 5.45. The molecule has 4 nitrogen and oxygen atoms in total. The average Bonchev–Trinajstić information content (AvgIpc) is 2.54. The van der Waals surface area contributed by atoms with E-state index in [1.165, 1.54) is 11.8 Å². The molecular weight excluding hydrogens is 288 g/mol. The third kappa shape index (κ3) is 3.19. The molecule has 2 aromatic rings. The number of hydrogen-bond donors (Lipinski definition) is 0. The van der Waals surface area contributed by atoms with Crippen LogP contribution in [0, 0.1) is 0 Å². The van der Waals surface area contributed by atoms with Crippen LogP contribution in [0.25, 0.3) is 0 Å². The first-order valence-corrected chi connectivity index (χ1v) is 7.16. The Morgan fingerprint density at radius 2 is 1.05 bits per heavy atom. The van der Waals surface area contributed by atoms with E-state index < -0.39 is 0 Å². The predicted molar refractivity (Wildman–Crippen MR) is 83.2 cm³/mol. The van der Waals surface area contributed by atoms with E-state index in [2.05, 4.69) is 0 Å². The Bertz CT molecular complexity index is 560. The van der Waals surface area contributed by atoms with Crippen LogP contribution in [0.2, 0.25) is 0 Å². The first kappa shape index (κ1) is 15.4. The molecule has 0 saturated heterocycles. The largest absolute Gasteiger partial charge is 0.493 e. The Morgan fingerprint density at radius 3 is 1.38 bits per heavy atom. The topological polar surface area (TPSA) is 36.9 Å². The molecule has 112 valence electrons. The highest BCUT2D eigenvalue weighted by molar-refractivity contribution is 7.99. The lowest BCUT2D eigenvalue weighted by molar-refractivity contribution is 0.346. The highest BCUT2D eigenvalue weighted by atomic mass is 32.2. The highest BCUT2D eigenvalue weighted by Crippen LogP contribution is 2.45. The van der Waals surface area contributed by atoms with E-state index in [0.717, 1.165) is 9.79 Å². The van der Waals surface area contributed by atoms with Crippen molar-refractivity contribution in [1.82, 2.24) is 0 Å². The molecule has 2 rings (SSSR count). The lowest BCUT2D eigenvalue weighted by Gasteiger charge is -2.15. The standard InChI is InChI=1S/C16H18O4S/c1-17-11-7-5-9-13(15(11)19-3)21-14-10-6-8-12(18-2)16(14)20-4/h5-10H,1-4H3. The molecule has 0 aliphatic rings. The van der Waals surface area contributed by atoms with Crippen molar-refractivity contribution in [2.45, 2.75) is 9.79 Å². The fraction of sp³-hybridized carbons (Fsp3) is 0.250. The highest BCUT2D eigenvalue weighted by Gasteiger charge is 2.15. The van der Waals surface area contributed by atoms with Crippen molar-refractivity contribution in [3.05, 3.63) is 36.4 Å². The van der Waals surface area contributed by atoms with Crippen molar-refractivity contribution in [3.8, 4) is 23.0 Å². The summed E-state index contributed by atoms with van der Waals surface area (Å²) in [6.07, 6.45) is 0. The Labute approximate surface area is 129 Å². The molecule has 0 amide bonds. The van der Waals surface area contributed by atoms with Crippen LogP contribution in [0.4, 0.5) is 0 Å². The smallest absolute Gasteiger partial charge is 0.174 e. The van der Waals surface area contributed by atoms with E-state index in [9.17, 15) is 0 Å². The van der Waals surface area contributed by atoms with Crippen LogP contribution in [0.1, 0.15) is 0 Å². The SMILES string of the molecule is COc1cccc(Sc2cccc(OC)c2OC)c1OC. The third-order valence-corrected chi connectivity index (χ3v) is 4.04. The molecule has 0 heterocycles. The summed E-state index contributed by atoms with van der Waals surface area (Å²) < 4.78 is 21.5. The second kappa shape index (κ2) is 7.13. The number of benzene rings is 2. The number of para-hydroxylation sites is 2. The third-order valence-electron chi connectivity index (χ3n) is 2.95. The molecule has 0 atom stereocenters. The zero-order chi connectivity index (χ0) is 15.2. The second-order valence-electron chi connectivity index (χ2n) is 4.09. The molecule has 21 heavy (non-hydrogen) atoms. The van der Waals surface area contributed by atoms with Gasteiger partial charge in [0.2, 0.25) is 0 Å². The van der Waals surface area contributed by atoms with Gasteiger partial charge in [0, 0.05) is 0 Å². The van der Waals surface area contributed by atoms with Gasteiger partial charge >= 0.3 is 0 Å². The van der Waals surface area contributed by atoms with Gasteiger partial charge in [-0.15, -0.1) is 0 Å². The first-order valence-electron chi connectivity index (χ1n) is 6.35. The Hall–Kier alpha value is -2.01. The van der Waals surface area contributed by atoms with Crippen LogP contribution < -0.4 is 18.9 Å². The van der Waals surface area contributed by atoms with E-state index in [-0.39, 0.29) is 0 Å².